The first-order valence-corrected chi connectivity index (χ1v) is 13.1. The molecule has 4 aliphatic carbocycles. The highest BCUT2D eigenvalue weighted by Crippen LogP contribution is 2.65. The van der Waals surface area contributed by atoms with Crippen molar-refractivity contribution in [3.8, 4) is 5.75 Å². The van der Waals surface area contributed by atoms with Gasteiger partial charge in [0.2, 0.25) is 17.7 Å². The van der Waals surface area contributed by atoms with Crippen molar-refractivity contribution in [1.82, 2.24) is 0 Å². The maximum Gasteiger partial charge on any atom is 0.316 e. The number of hydrogen-bond donors (Lipinski definition) is 0. The third-order valence-corrected chi connectivity index (χ3v) is 9.14. The predicted octanol–water partition coefficient (Wildman–Crippen LogP) is 3.82. The Labute approximate surface area is 215 Å². The van der Waals surface area contributed by atoms with Crippen molar-refractivity contribution in [3.63, 3.8) is 0 Å². The van der Waals surface area contributed by atoms with Crippen molar-refractivity contribution in [2.45, 2.75) is 26.7 Å². The smallest absolute Gasteiger partial charge is 0.316 e. The number of nitrogens with zero attached hydrogens (tertiary/aromatic N) is 2. The molecule has 3 amide bonds. The Hall–Kier alpha value is -3.74. The second-order valence-electron chi connectivity index (χ2n) is 11.2. The number of para-hydroxylation sites is 1. The van der Waals surface area contributed by atoms with Crippen molar-refractivity contribution in [1.29, 1.82) is 0 Å². The minimum atomic E-state index is -0.564. The van der Waals surface area contributed by atoms with Crippen LogP contribution in [0.1, 0.15) is 24.0 Å². The summed E-state index contributed by atoms with van der Waals surface area (Å²) in [4.78, 5) is 55.3. The average Bonchev–Trinajstić information content (AvgIpc) is 3.56. The molecule has 2 bridgehead atoms. The van der Waals surface area contributed by atoms with E-state index in [9.17, 15) is 19.2 Å². The number of carbonyl (C=O) groups excluding carboxylic acids is 4. The van der Waals surface area contributed by atoms with E-state index in [2.05, 4.69) is 12.2 Å². The lowest BCUT2D eigenvalue weighted by molar-refractivity contribution is -0.139. The van der Waals surface area contributed by atoms with Crippen LogP contribution in [0, 0.1) is 55.3 Å². The van der Waals surface area contributed by atoms with E-state index in [1.807, 2.05) is 32.0 Å². The number of imide groups is 1. The molecule has 0 radical (unpaired) electrons. The molecule has 2 aromatic rings. The van der Waals surface area contributed by atoms with Gasteiger partial charge < -0.3 is 9.64 Å². The van der Waals surface area contributed by atoms with Crippen LogP contribution in [0.2, 0.25) is 0 Å². The Balaban J connectivity index is 1.04. The normalized spacial score (nSPS) is 33.1. The lowest BCUT2D eigenvalue weighted by Crippen LogP contribution is -2.40. The minimum Gasteiger partial charge on any atom is -0.426 e. The van der Waals surface area contributed by atoms with Crippen LogP contribution in [0.4, 0.5) is 11.4 Å². The molecule has 2 aromatic carbocycles. The molecule has 7 nitrogen and oxygen atoms in total. The predicted molar refractivity (Wildman–Crippen MR) is 136 cm³/mol. The number of ether oxygens (including phenoxy) is 1. The number of anilines is 2. The van der Waals surface area contributed by atoms with Crippen molar-refractivity contribution >= 4 is 35.1 Å². The molecule has 2 saturated carbocycles. The van der Waals surface area contributed by atoms with Gasteiger partial charge in [-0.25, -0.2) is 0 Å². The molecule has 0 spiro atoms. The number of rotatable bonds is 4. The van der Waals surface area contributed by atoms with E-state index < -0.39 is 11.9 Å². The quantitative estimate of drug-likeness (QED) is 0.278. The van der Waals surface area contributed by atoms with Gasteiger partial charge >= 0.3 is 5.97 Å². The SMILES string of the molecule is Cc1cccc(C)c1N1C[C@H](C(=O)Oc2ccc(N3C(=O)[C@@H]4[C@H]5C=C[C@@H]([C@@H]6C[C@@H]56)[C@H]4C3=O)cc2)CC1=O. The average molecular weight is 497 g/mol. The zero-order chi connectivity index (χ0) is 25.6. The first kappa shape index (κ1) is 22.5. The van der Waals surface area contributed by atoms with E-state index in [4.69, 9.17) is 4.74 Å². The van der Waals surface area contributed by atoms with Gasteiger partial charge in [0.15, 0.2) is 0 Å². The zero-order valence-electron chi connectivity index (χ0n) is 20.8. The number of amides is 3. The molecule has 2 aliphatic heterocycles. The fraction of sp³-hybridized carbons (Fsp3) is 0.400. The molecule has 188 valence electrons. The van der Waals surface area contributed by atoms with Crippen LogP contribution in [0.5, 0.6) is 5.75 Å². The molecular weight excluding hydrogens is 468 g/mol. The highest BCUT2D eigenvalue weighted by molar-refractivity contribution is 6.22. The van der Waals surface area contributed by atoms with Crippen LogP contribution in [0.15, 0.2) is 54.6 Å². The molecule has 2 saturated heterocycles. The highest BCUT2D eigenvalue weighted by atomic mass is 16.5. The third-order valence-electron chi connectivity index (χ3n) is 9.14. The first-order chi connectivity index (χ1) is 17.8. The van der Waals surface area contributed by atoms with Gasteiger partial charge in [-0.3, -0.25) is 24.1 Å². The van der Waals surface area contributed by atoms with E-state index >= 15 is 0 Å². The van der Waals surface area contributed by atoms with Crippen LogP contribution in [0.25, 0.3) is 0 Å². The lowest BCUT2D eigenvalue weighted by Gasteiger charge is -2.37. The molecule has 0 aromatic heterocycles. The summed E-state index contributed by atoms with van der Waals surface area (Å²) < 4.78 is 5.61. The van der Waals surface area contributed by atoms with Gasteiger partial charge in [0.1, 0.15) is 5.75 Å². The van der Waals surface area contributed by atoms with Crippen LogP contribution in [-0.4, -0.2) is 30.2 Å². The molecule has 7 atom stereocenters. The van der Waals surface area contributed by atoms with Gasteiger partial charge in [0, 0.05) is 18.7 Å². The molecule has 37 heavy (non-hydrogen) atoms. The lowest BCUT2D eigenvalue weighted by atomic mass is 9.63. The number of esters is 1. The zero-order valence-corrected chi connectivity index (χ0v) is 20.8. The van der Waals surface area contributed by atoms with Gasteiger partial charge in [0.05, 0.1) is 23.4 Å². The molecule has 8 rings (SSSR count). The summed E-state index contributed by atoms with van der Waals surface area (Å²) in [5.41, 5.74) is 3.34. The van der Waals surface area contributed by atoms with Crippen molar-refractivity contribution in [3.05, 3.63) is 65.7 Å². The molecule has 0 N–H and O–H groups in total. The third kappa shape index (κ3) is 3.26. The Morgan fingerprint density at radius 1 is 0.865 bits per heavy atom. The van der Waals surface area contributed by atoms with Crippen LogP contribution in [0.3, 0.4) is 0 Å². The Bertz CT molecular complexity index is 1340. The van der Waals surface area contributed by atoms with Gasteiger partial charge in [-0.15, -0.1) is 0 Å². The Morgan fingerprint density at radius 3 is 2.05 bits per heavy atom. The number of benzene rings is 2. The largest absolute Gasteiger partial charge is 0.426 e. The van der Waals surface area contributed by atoms with Gasteiger partial charge in [-0.2, -0.15) is 0 Å². The first-order valence-electron chi connectivity index (χ1n) is 13.1. The van der Waals surface area contributed by atoms with Crippen molar-refractivity contribution < 1.29 is 23.9 Å². The van der Waals surface area contributed by atoms with E-state index in [1.165, 1.54) is 4.90 Å². The van der Waals surface area contributed by atoms with Crippen LogP contribution >= 0.6 is 0 Å². The van der Waals surface area contributed by atoms with E-state index in [-0.39, 0.29) is 54.4 Å². The molecule has 7 heteroatoms. The number of allylic oxidation sites excluding steroid dienone is 2. The van der Waals surface area contributed by atoms with Gasteiger partial charge in [-0.1, -0.05) is 30.4 Å². The molecular formula is C30H28N2O5. The topological polar surface area (TPSA) is 84.0 Å². The maximum absolute atomic E-state index is 13.3. The van der Waals surface area contributed by atoms with E-state index in [0.717, 1.165) is 23.2 Å². The van der Waals surface area contributed by atoms with Crippen LogP contribution in [-0.2, 0) is 19.2 Å². The molecule has 0 unspecified atom stereocenters. The highest BCUT2D eigenvalue weighted by Gasteiger charge is 2.67. The Kier molecular flexibility index (Phi) is 4.78. The molecule has 4 fully saturated rings. The monoisotopic (exact) mass is 496 g/mol. The standard InChI is InChI=1S/C30H28N2O5/c1-15-4-3-5-16(2)27(15)31-14-17(12-24(31)33)30(36)37-19-8-6-18(7-9-19)32-28(34)25-20-10-11-21(23-13-22(20)23)26(25)29(32)35/h3-11,17,20-23,25-26H,12-14H2,1-2H3/t17-,20+,21+,22+,23+,25-,26-/m1/s1. The van der Waals surface area contributed by atoms with Crippen molar-refractivity contribution in [2.24, 2.45) is 41.4 Å². The summed E-state index contributed by atoms with van der Waals surface area (Å²) >= 11 is 0. The number of aryl methyl sites for hydroxylation is 2. The summed E-state index contributed by atoms with van der Waals surface area (Å²) in [5.74, 6) is -0.0348. The van der Waals surface area contributed by atoms with E-state index in [1.54, 1.807) is 29.2 Å². The second kappa shape index (κ2) is 7.88. The van der Waals surface area contributed by atoms with Crippen molar-refractivity contribution in [2.75, 3.05) is 16.3 Å². The second-order valence-corrected chi connectivity index (χ2v) is 11.2. The Morgan fingerprint density at radius 2 is 1.46 bits per heavy atom. The number of carbonyl (C=O) groups is 4. The summed E-state index contributed by atoms with van der Waals surface area (Å²) in [5, 5.41) is 0. The van der Waals surface area contributed by atoms with Gasteiger partial charge in [0.25, 0.3) is 0 Å². The maximum atomic E-state index is 13.3. The molecule has 6 aliphatic rings. The summed E-state index contributed by atoms with van der Waals surface area (Å²) in [6.45, 7) is 4.19. The fourth-order valence-electron chi connectivity index (χ4n) is 7.39. The molecule has 2 heterocycles. The van der Waals surface area contributed by atoms with Crippen LogP contribution < -0.4 is 14.5 Å². The van der Waals surface area contributed by atoms with Gasteiger partial charge in [-0.05, 0) is 79.3 Å². The summed E-state index contributed by atoms with van der Waals surface area (Å²) in [6.07, 6.45) is 5.55. The van der Waals surface area contributed by atoms with E-state index in [0.29, 0.717) is 23.3 Å². The fourth-order valence-corrected chi connectivity index (χ4v) is 7.39. The minimum absolute atomic E-state index is 0.0942. The number of hydrogen-bond acceptors (Lipinski definition) is 5. The summed E-state index contributed by atoms with van der Waals surface area (Å²) in [6, 6.07) is 12.4. The summed E-state index contributed by atoms with van der Waals surface area (Å²) in [7, 11) is 0.